The van der Waals surface area contributed by atoms with Crippen molar-refractivity contribution >= 4 is 0 Å². The van der Waals surface area contributed by atoms with E-state index in [2.05, 4.69) is 40.6 Å². The van der Waals surface area contributed by atoms with Gasteiger partial charge in [0.2, 0.25) is 0 Å². The summed E-state index contributed by atoms with van der Waals surface area (Å²) < 4.78 is 5.41. The van der Waals surface area contributed by atoms with E-state index in [0.717, 1.165) is 18.0 Å². The highest BCUT2D eigenvalue weighted by molar-refractivity contribution is 5.49. The van der Waals surface area contributed by atoms with Crippen molar-refractivity contribution in [3.63, 3.8) is 0 Å². The van der Waals surface area contributed by atoms with Gasteiger partial charge in [-0.3, -0.25) is 4.98 Å². The molecular formula is C17H18N2O. The number of benzene rings is 1. The van der Waals surface area contributed by atoms with Gasteiger partial charge in [-0.2, -0.15) is 0 Å². The Morgan fingerprint density at radius 3 is 2.85 bits per heavy atom. The van der Waals surface area contributed by atoms with Crippen LogP contribution in [0.5, 0.6) is 5.75 Å². The van der Waals surface area contributed by atoms with Crippen LogP contribution in [0.1, 0.15) is 35.7 Å². The zero-order valence-corrected chi connectivity index (χ0v) is 11.6. The number of hydrogen-bond donors (Lipinski definition) is 1. The topological polar surface area (TPSA) is 34.1 Å². The first-order valence-corrected chi connectivity index (χ1v) is 7.15. The minimum Gasteiger partial charge on any atom is -0.497 e. The summed E-state index contributed by atoms with van der Waals surface area (Å²) in [4.78, 5) is 4.52. The fourth-order valence-electron chi connectivity index (χ4n) is 3.28. The molecule has 2 aromatic rings. The second kappa shape index (κ2) is 4.32. The summed E-state index contributed by atoms with van der Waals surface area (Å²) in [5.74, 6) is 0.955. The molecule has 0 saturated heterocycles. The van der Waals surface area contributed by atoms with Crippen molar-refractivity contribution in [1.82, 2.24) is 10.3 Å². The summed E-state index contributed by atoms with van der Waals surface area (Å²) in [5, 5.41) is 3.68. The van der Waals surface area contributed by atoms with E-state index in [1.54, 1.807) is 7.11 Å². The number of rotatable bonds is 2. The van der Waals surface area contributed by atoms with Crippen molar-refractivity contribution < 1.29 is 4.74 Å². The molecule has 1 saturated carbocycles. The molecule has 1 spiro atoms. The fraction of sp³-hybridized carbons (Fsp3) is 0.353. The lowest BCUT2D eigenvalue weighted by atomic mass is 9.83. The van der Waals surface area contributed by atoms with E-state index in [-0.39, 0.29) is 6.04 Å². The number of methoxy groups -OCH3 is 1. The van der Waals surface area contributed by atoms with Gasteiger partial charge >= 0.3 is 0 Å². The smallest absolute Gasteiger partial charge is 0.119 e. The number of aromatic nitrogens is 1. The second-order valence-electron chi connectivity index (χ2n) is 5.80. The standard InChI is InChI=1S/C17H18N2O/c1-20-12-5-6-13-14(10-12)17(7-8-17)11-19-16(13)15-4-2-3-9-18-15/h2-6,9-10,16,19H,7-8,11H2,1H3. The van der Waals surface area contributed by atoms with Crippen molar-refractivity contribution in [2.45, 2.75) is 24.3 Å². The van der Waals surface area contributed by atoms with Crippen LogP contribution in [0.25, 0.3) is 0 Å². The number of ether oxygens (including phenoxy) is 1. The summed E-state index contributed by atoms with van der Waals surface area (Å²) in [6, 6.07) is 12.8. The molecule has 2 heterocycles. The maximum atomic E-state index is 5.41. The molecule has 1 aromatic heterocycles. The number of hydrogen-bond acceptors (Lipinski definition) is 3. The molecule has 102 valence electrons. The van der Waals surface area contributed by atoms with Gasteiger partial charge in [0.15, 0.2) is 0 Å². The zero-order chi connectivity index (χ0) is 13.6. The van der Waals surface area contributed by atoms with Crippen molar-refractivity contribution in [1.29, 1.82) is 0 Å². The summed E-state index contributed by atoms with van der Waals surface area (Å²) >= 11 is 0. The van der Waals surface area contributed by atoms with E-state index >= 15 is 0 Å². The van der Waals surface area contributed by atoms with Gasteiger partial charge in [-0.15, -0.1) is 0 Å². The number of nitrogens with zero attached hydrogens (tertiary/aromatic N) is 1. The van der Waals surface area contributed by atoms with Crippen LogP contribution < -0.4 is 10.1 Å². The highest BCUT2D eigenvalue weighted by atomic mass is 16.5. The van der Waals surface area contributed by atoms with Crippen LogP contribution in [-0.4, -0.2) is 18.6 Å². The minimum absolute atomic E-state index is 0.198. The van der Waals surface area contributed by atoms with Crippen LogP contribution in [0.15, 0.2) is 42.6 Å². The molecule has 20 heavy (non-hydrogen) atoms. The molecular weight excluding hydrogens is 248 g/mol. The Bertz CT molecular complexity index is 635. The van der Waals surface area contributed by atoms with Crippen molar-refractivity contribution in [2.24, 2.45) is 0 Å². The molecule has 4 rings (SSSR count). The van der Waals surface area contributed by atoms with Crippen LogP contribution in [0.4, 0.5) is 0 Å². The fourth-order valence-corrected chi connectivity index (χ4v) is 3.28. The molecule has 0 amide bonds. The molecule has 1 aliphatic carbocycles. The van der Waals surface area contributed by atoms with Crippen LogP contribution in [0.2, 0.25) is 0 Å². The van der Waals surface area contributed by atoms with Gasteiger partial charge in [0.25, 0.3) is 0 Å². The van der Waals surface area contributed by atoms with Crippen LogP contribution in [-0.2, 0) is 5.41 Å². The Morgan fingerprint density at radius 2 is 2.15 bits per heavy atom. The van der Waals surface area contributed by atoms with Crippen molar-refractivity contribution in [2.75, 3.05) is 13.7 Å². The van der Waals surface area contributed by atoms with Gasteiger partial charge in [-0.25, -0.2) is 0 Å². The first-order valence-electron chi connectivity index (χ1n) is 7.15. The minimum atomic E-state index is 0.198. The van der Waals surface area contributed by atoms with E-state index in [9.17, 15) is 0 Å². The van der Waals surface area contributed by atoms with E-state index in [1.165, 1.54) is 24.0 Å². The van der Waals surface area contributed by atoms with Gasteiger partial charge < -0.3 is 10.1 Å². The maximum absolute atomic E-state index is 5.41. The van der Waals surface area contributed by atoms with Gasteiger partial charge in [-0.1, -0.05) is 12.1 Å². The molecule has 3 nitrogen and oxygen atoms in total. The Balaban J connectivity index is 1.83. The second-order valence-corrected chi connectivity index (χ2v) is 5.80. The highest BCUT2D eigenvalue weighted by Crippen LogP contribution is 2.53. The molecule has 1 unspecified atom stereocenters. The molecule has 0 radical (unpaired) electrons. The lowest BCUT2D eigenvalue weighted by Gasteiger charge is -2.33. The summed E-state index contributed by atoms with van der Waals surface area (Å²) in [6.07, 6.45) is 4.41. The first-order chi connectivity index (χ1) is 9.82. The van der Waals surface area contributed by atoms with E-state index in [4.69, 9.17) is 4.74 Å². The third kappa shape index (κ3) is 1.74. The largest absolute Gasteiger partial charge is 0.497 e. The van der Waals surface area contributed by atoms with Crippen molar-refractivity contribution in [3.8, 4) is 5.75 Å². The first kappa shape index (κ1) is 11.9. The molecule has 1 aliphatic heterocycles. The van der Waals surface area contributed by atoms with Gasteiger partial charge in [0, 0.05) is 18.2 Å². The third-order valence-electron chi connectivity index (χ3n) is 4.62. The van der Waals surface area contributed by atoms with Gasteiger partial charge in [0.1, 0.15) is 5.75 Å². The molecule has 3 heteroatoms. The molecule has 2 aliphatic rings. The molecule has 0 bridgehead atoms. The van der Waals surface area contributed by atoms with Gasteiger partial charge in [-0.05, 0) is 48.2 Å². The average molecular weight is 266 g/mol. The molecule has 1 atom stereocenters. The van der Waals surface area contributed by atoms with E-state index in [0.29, 0.717) is 5.41 Å². The average Bonchev–Trinajstić information content (AvgIpc) is 3.29. The Kier molecular flexibility index (Phi) is 2.57. The van der Waals surface area contributed by atoms with Crippen LogP contribution in [0, 0.1) is 0 Å². The molecule has 1 aromatic carbocycles. The highest BCUT2D eigenvalue weighted by Gasteiger charge is 2.49. The van der Waals surface area contributed by atoms with Crippen LogP contribution in [0.3, 0.4) is 0 Å². The van der Waals surface area contributed by atoms with Gasteiger partial charge in [0.05, 0.1) is 18.8 Å². The number of fused-ring (bicyclic) bond motifs is 2. The van der Waals surface area contributed by atoms with E-state index in [1.807, 2.05) is 12.3 Å². The Labute approximate surface area is 119 Å². The summed E-state index contributed by atoms with van der Waals surface area (Å²) in [7, 11) is 1.73. The van der Waals surface area contributed by atoms with Crippen LogP contribution >= 0.6 is 0 Å². The predicted octanol–water partition coefficient (Wildman–Crippen LogP) is 2.81. The molecule has 1 fully saturated rings. The summed E-state index contributed by atoms with van der Waals surface area (Å²) in [5.41, 5.74) is 4.24. The predicted molar refractivity (Wildman–Crippen MR) is 78.0 cm³/mol. The third-order valence-corrected chi connectivity index (χ3v) is 4.62. The van der Waals surface area contributed by atoms with E-state index < -0.39 is 0 Å². The van der Waals surface area contributed by atoms with Crippen molar-refractivity contribution in [3.05, 3.63) is 59.4 Å². The quantitative estimate of drug-likeness (QED) is 0.907. The summed E-state index contributed by atoms with van der Waals surface area (Å²) in [6.45, 7) is 1.04. The number of pyridine rings is 1. The monoisotopic (exact) mass is 266 g/mol. The Morgan fingerprint density at radius 1 is 1.25 bits per heavy atom. The Hall–Kier alpha value is -1.87. The SMILES string of the molecule is COc1ccc2c(c1)C1(CC1)CNC2c1ccccn1. The zero-order valence-electron chi connectivity index (χ0n) is 11.6. The lowest BCUT2D eigenvalue weighted by molar-refractivity contribution is 0.409. The maximum Gasteiger partial charge on any atom is 0.119 e. The lowest BCUT2D eigenvalue weighted by Crippen LogP contribution is -2.38. The normalized spacial score (nSPS) is 22.4. The number of nitrogens with one attached hydrogen (secondary N) is 1. The molecule has 1 N–H and O–H groups in total.